The maximum absolute atomic E-state index is 12.6. The SMILES string of the molecule is CC1CC(C)(C)CCC1(O)c1ccc(C(F)(F)F)nc1Cl. The van der Waals surface area contributed by atoms with Crippen LogP contribution in [0.3, 0.4) is 0 Å². The van der Waals surface area contributed by atoms with E-state index in [1.165, 1.54) is 6.07 Å². The van der Waals surface area contributed by atoms with E-state index >= 15 is 0 Å². The predicted molar refractivity (Wildman–Crippen MR) is 74.9 cm³/mol. The number of hydrogen-bond acceptors (Lipinski definition) is 2. The summed E-state index contributed by atoms with van der Waals surface area (Å²) in [7, 11) is 0. The molecule has 0 amide bonds. The second-order valence-electron chi connectivity index (χ2n) is 6.73. The molecule has 1 heterocycles. The van der Waals surface area contributed by atoms with Gasteiger partial charge in [0, 0.05) is 5.56 Å². The molecule has 1 saturated carbocycles. The van der Waals surface area contributed by atoms with Crippen molar-refractivity contribution in [3.8, 4) is 0 Å². The third-order valence-electron chi connectivity index (χ3n) is 4.46. The van der Waals surface area contributed by atoms with E-state index in [0.717, 1.165) is 18.9 Å². The molecule has 2 unspecified atom stereocenters. The van der Waals surface area contributed by atoms with Crippen LogP contribution in [-0.4, -0.2) is 10.1 Å². The Morgan fingerprint density at radius 2 is 1.90 bits per heavy atom. The van der Waals surface area contributed by atoms with Crippen molar-refractivity contribution < 1.29 is 18.3 Å². The van der Waals surface area contributed by atoms with Crippen LogP contribution in [0.4, 0.5) is 13.2 Å². The standard InChI is InChI=1S/C15H19ClF3NO/c1-9-8-13(2,3)6-7-14(9,21)10-4-5-11(15(17,18)19)20-12(10)16/h4-5,9,21H,6-8H2,1-3H3. The Kier molecular flexibility index (Phi) is 4.04. The van der Waals surface area contributed by atoms with Gasteiger partial charge in [-0.2, -0.15) is 13.2 Å². The van der Waals surface area contributed by atoms with E-state index in [-0.39, 0.29) is 16.5 Å². The van der Waals surface area contributed by atoms with Gasteiger partial charge in [0.25, 0.3) is 0 Å². The number of nitrogens with zero attached hydrogens (tertiary/aromatic N) is 1. The molecule has 0 radical (unpaired) electrons. The van der Waals surface area contributed by atoms with E-state index in [1.807, 2.05) is 6.92 Å². The first-order chi connectivity index (χ1) is 9.46. The van der Waals surface area contributed by atoms with Crippen LogP contribution < -0.4 is 0 Å². The van der Waals surface area contributed by atoms with Gasteiger partial charge in [0.1, 0.15) is 10.8 Å². The first-order valence-electron chi connectivity index (χ1n) is 6.92. The summed E-state index contributed by atoms with van der Waals surface area (Å²) < 4.78 is 37.9. The fourth-order valence-electron chi connectivity index (χ4n) is 3.19. The van der Waals surface area contributed by atoms with Crippen molar-refractivity contribution in [2.45, 2.75) is 51.8 Å². The highest BCUT2D eigenvalue weighted by atomic mass is 35.5. The molecule has 2 nitrogen and oxygen atoms in total. The lowest BCUT2D eigenvalue weighted by molar-refractivity contribution is -0.141. The largest absolute Gasteiger partial charge is 0.433 e. The molecule has 2 rings (SSSR count). The van der Waals surface area contributed by atoms with E-state index < -0.39 is 17.5 Å². The average Bonchev–Trinajstić information content (AvgIpc) is 2.33. The molecule has 1 aromatic heterocycles. The molecule has 6 heteroatoms. The Morgan fingerprint density at radius 3 is 2.38 bits per heavy atom. The van der Waals surface area contributed by atoms with Crippen LogP contribution in [0.15, 0.2) is 12.1 Å². The molecule has 0 spiro atoms. The number of pyridine rings is 1. The quantitative estimate of drug-likeness (QED) is 0.755. The number of alkyl halides is 3. The van der Waals surface area contributed by atoms with Gasteiger partial charge in [0.15, 0.2) is 0 Å². The van der Waals surface area contributed by atoms with Crippen molar-refractivity contribution in [1.82, 2.24) is 4.98 Å². The van der Waals surface area contributed by atoms with Crippen LogP contribution in [-0.2, 0) is 11.8 Å². The molecule has 0 bridgehead atoms. The molecule has 1 aliphatic carbocycles. The van der Waals surface area contributed by atoms with E-state index in [0.29, 0.717) is 12.0 Å². The third-order valence-corrected chi connectivity index (χ3v) is 4.75. The number of rotatable bonds is 1. The first-order valence-corrected chi connectivity index (χ1v) is 7.30. The Hall–Kier alpha value is -0.810. The van der Waals surface area contributed by atoms with Gasteiger partial charge in [0.05, 0.1) is 5.60 Å². The number of aliphatic hydroxyl groups is 1. The number of halogens is 4. The fraction of sp³-hybridized carbons (Fsp3) is 0.667. The smallest absolute Gasteiger partial charge is 0.385 e. The molecule has 1 aliphatic rings. The fourth-order valence-corrected chi connectivity index (χ4v) is 3.51. The van der Waals surface area contributed by atoms with E-state index in [9.17, 15) is 18.3 Å². The zero-order valence-corrected chi connectivity index (χ0v) is 13.0. The van der Waals surface area contributed by atoms with Gasteiger partial charge in [-0.25, -0.2) is 4.98 Å². The Balaban J connectivity index is 2.38. The van der Waals surface area contributed by atoms with Gasteiger partial charge in [-0.15, -0.1) is 0 Å². The minimum Gasteiger partial charge on any atom is -0.385 e. The van der Waals surface area contributed by atoms with Crippen molar-refractivity contribution in [3.63, 3.8) is 0 Å². The third kappa shape index (κ3) is 3.19. The first kappa shape index (κ1) is 16.6. The van der Waals surface area contributed by atoms with Crippen LogP contribution >= 0.6 is 11.6 Å². The van der Waals surface area contributed by atoms with Crippen molar-refractivity contribution in [1.29, 1.82) is 0 Å². The van der Waals surface area contributed by atoms with Crippen molar-refractivity contribution in [3.05, 3.63) is 28.5 Å². The highest BCUT2D eigenvalue weighted by Crippen LogP contribution is 2.50. The van der Waals surface area contributed by atoms with E-state index in [2.05, 4.69) is 18.8 Å². The zero-order chi connectivity index (χ0) is 16.1. The van der Waals surface area contributed by atoms with Crippen molar-refractivity contribution >= 4 is 11.6 Å². The molecule has 0 aliphatic heterocycles. The second-order valence-corrected chi connectivity index (χ2v) is 7.08. The van der Waals surface area contributed by atoms with E-state index in [4.69, 9.17) is 11.6 Å². The topological polar surface area (TPSA) is 33.1 Å². The van der Waals surface area contributed by atoms with Gasteiger partial charge >= 0.3 is 6.18 Å². The molecular weight excluding hydrogens is 303 g/mol. The zero-order valence-electron chi connectivity index (χ0n) is 12.3. The number of hydrogen-bond donors (Lipinski definition) is 1. The van der Waals surface area contributed by atoms with E-state index in [1.54, 1.807) is 0 Å². The molecule has 118 valence electrons. The lowest BCUT2D eigenvalue weighted by Gasteiger charge is -2.45. The summed E-state index contributed by atoms with van der Waals surface area (Å²) in [5.74, 6) is -0.0997. The highest BCUT2D eigenvalue weighted by Gasteiger charge is 2.45. The van der Waals surface area contributed by atoms with Crippen LogP contribution in [0.1, 0.15) is 51.3 Å². The van der Waals surface area contributed by atoms with Crippen LogP contribution in [0.5, 0.6) is 0 Å². The monoisotopic (exact) mass is 321 g/mol. The van der Waals surface area contributed by atoms with Gasteiger partial charge in [0.2, 0.25) is 0 Å². The minimum atomic E-state index is -4.54. The van der Waals surface area contributed by atoms with Gasteiger partial charge in [-0.3, -0.25) is 0 Å². The summed E-state index contributed by atoms with van der Waals surface area (Å²) in [5, 5.41) is 10.6. The van der Waals surface area contributed by atoms with Crippen LogP contribution in [0.25, 0.3) is 0 Å². The summed E-state index contributed by atoms with van der Waals surface area (Å²) in [6.07, 6.45) is -2.51. The summed E-state index contributed by atoms with van der Waals surface area (Å²) in [6, 6.07) is 2.14. The molecular formula is C15H19ClF3NO. The molecule has 0 saturated heterocycles. The molecule has 0 aromatic carbocycles. The average molecular weight is 322 g/mol. The number of aromatic nitrogens is 1. The molecule has 1 aromatic rings. The summed E-state index contributed by atoms with van der Waals surface area (Å²) in [6.45, 7) is 6.14. The lowest BCUT2D eigenvalue weighted by atomic mass is 9.63. The van der Waals surface area contributed by atoms with Crippen molar-refractivity contribution in [2.24, 2.45) is 11.3 Å². The second kappa shape index (κ2) is 5.13. The Labute approximate surface area is 127 Å². The maximum atomic E-state index is 12.6. The van der Waals surface area contributed by atoms with Gasteiger partial charge in [-0.05, 0) is 36.7 Å². The minimum absolute atomic E-state index is 0.0997. The Morgan fingerprint density at radius 1 is 1.29 bits per heavy atom. The van der Waals surface area contributed by atoms with Gasteiger partial charge in [-0.1, -0.05) is 38.4 Å². The molecule has 2 atom stereocenters. The van der Waals surface area contributed by atoms with Crippen LogP contribution in [0, 0.1) is 11.3 Å². The van der Waals surface area contributed by atoms with Crippen molar-refractivity contribution in [2.75, 3.05) is 0 Å². The highest BCUT2D eigenvalue weighted by molar-refractivity contribution is 6.30. The molecule has 1 fully saturated rings. The predicted octanol–water partition coefficient (Wildman–Crippen LogP) is 4.79. The summed E-state index contributed by atoms with van der Waals surface area (Å²) in [5.41, 5.74) is -1.86. The summed E-state index contributed by atoms with van der Waals surface area (Å²) in [4.78, 5) is 3.42. The Bertz CT molecular complexity index is 544. The maximum Gasteiger partial charge on any atom is 0.433 e. The normalized spacial score (nSPS) is 29.4. The molecule has 1 N–H and O–H groups in total. The summed E-state index contributed by atoms with van der Waals surface area (Å²) >= 11 is 5.92. The van der Waals surface area contributed by atoms with Crippen LogP contribution in [0.2, 0.25) is 5.15 Å². The molecule has 21 heavy (non-hydrogen) atoms. The van der Waals surface area contributed by atoms with Gasteiger partial charge < -0.3 is 5.11 Å². The lowest BCUT2D eigenvalue weighted by Crippen LogP contribution is -2.42.